The summed E-state index contributed by atoms with van der Waals surface area (Å²) in [5.74, 6) is -1.28. The van der Waals surface area contributed by atoms with E-state index in [0.29, 0.717) is 23.5 Å². The summed E-state index contributed by atoms with van der Waals surface area (Å²) in [7, 11) is 0. The third kappa shape index (κ3) is 5.26. The summed E-state index contributed by atoms with van der Waals surface area (Å²) in [5.41, 5.74) is 24.2. The van der Waals surface area contributed by atoms with Crippen molar-refractivity contribution in [2.45, 2.75) is 18.9 Å². The minimum Gasteiger partial charge on any atom is -0.399 e. The minimum absolute atomic E-state index is 0.0146. The highest BCUT2D eigenvalue weighted by Crippen LogP contribution is 2.39. The number of guanidine groups is 1. The Morgan fingerprint density at radius 3 is 2.26 bits per heavy atom. The molecule has 0 spiro atoms. The number of hydrogen-bond donors (Lipinski definition) is 4. The number of amides is 2. The van der Waals surface area contributed by atoms with Crippen molar-refractivity contribution in [3.05, 3.63) is 89.4 Å². The first-order valence-corrected chi connectivity index (χ1v) is 11.0. The number of imide groups is 1. The zero-order chi connectivity index (χ0) is 25.6. The molecule has 0 saturated heterocycles. The van der Waals surface area contributed by atoms with Crippen molar-refractivity contribution in [1.82, 2.24) is 4.48 Å². The topological polar surface area (TPSA) is 151 Å². The van der Waals surface area contributed by atoms with Gasteiger partial charge in [0.05, 0.1) is 6.93 Å². The number of halogens is 1. The SMILES string of the molecule is [2H]c1c(Cl)cccc1C(=O)[N+](C(=O)[C@@H](N)CCCN=C(N)N)(c1ccccc1)c1ccc(N)cc1. The first-order valence-electron chi connectivity index (χ1n) is 11.2. The third-order valence-corrected chi connectivity index (χ3v) is 5.55. The normalized spacial score (nSPS) is 13.9. The van der Waals surface area contributed by atoms with Gasteiger partial charge in [-0.3, -0.25) is 4.99 Å². The van der Waals surface area contributed by atoms with Crippen LogP contribution < -0.4 is 27.4 Å². The van der Waals surface area contributed by atoms with E-state index in [2.05, 4.69) is 4.99 Å². The van der Waals surface area contributed by atoms with Crippen LogP contribution >= 0.6 is 11.6 Å². The molecule has 0 aliphatic carbocycles. The van der Waals surface area contributed by atoms with Crippen molar-refractivity contribution >= 4 is 46.4 Å². The molecule has 0 saturated carbocycles. The lowest BCUT2D eigenvalue weighted by atomic mass is 10.0. The van der Waals surface area contributed by atoms with Gasteiger partial charge in [-0.1, -0.05) is 35.9 Å². The maximum atomic E-state index is 14.3. The highest BCUT2D eigenvalue weighted by atomic mass is 35.5. The summed E-state index contributed by atoms with van der Waals surface area (Å²) in [6, 6.07) is 18.3. The summed E-state index contributed by atoms with van der Waals surface area (Å²) in [4.78, 5) is 32.5. The predicted octanol–water partition coefficient (Wildman–Crippen LogP) is 3.31. The van der Waals surface area contributed by atoms with Gasteiger partial charge < -0.3 is 22.9 Å². The molecule has 1 unspecified atom stereocenters. The Balaban J connectivity index is 2.23. The Hall–Kier alpha value is -3.72. The number of rotatable bonds is 8. The van der Waals surface area contributed by atoms with Crippen molar-refractivity contribution in [2.24, 2.45) is 22.2 Å². The highest BCUT2D eigenvalue weighted by molar-refractivity contribution is 6.31. The number of carbonyl (C=O) groups excluding carboxylic acids is 2. The first kappa shape index (κ1) is 23.4. The molecular formula is C25H28ClN6O2+. The van der Waals surface area contributed by atoms with Crippen LogP contribution in [0, 0.1) is 0 Å². The Morgan fingerprint density at radius 2 is 1.62 bits per heavy atom. The predicted molar refractivity (Wildman–Crippen MR) is 137 cm³/mol. The number of para-hydroxylation sites is 1. The van der Waals surface area contributed by atoms with Crippen LogP contribution in [0.25, 0.3) is 0 Å². The zero-order valence-corrected chi connectivity index (χ0v) is 19.3. The summed E-state index contributed by atoms with van der Waals surface area (Å²) in [6.45, 7) is 0.287. The van der Waals surface area contributed by atoms with Crippen LogP contribution in [0.1, 0.15) is 24.6 Å². The lowest BCUT2D eigenvalue weighted by Gasteiger charge is -2.34. The van der Waals surface area contributed by atoms with E-state index in [1.807, 2.05) is 0 Å². The van der Waals surface area contributed by atoms with Crippen LogP contribution in [0.4, 0.5) is 17.1 Å². The van der Waals surface area contributed by atoms with Crippen molar-refractivity contribution in [3.63, 3.8) is 0 Å². The molecule has 0 aliphatic rings. The van der Waals surface area contributed by atoms with E-state index >= 15 is 0 Å². The molecule has 2 atom stereocenters. The van der Waals surface area contributed by atoms with Gasteiger partial charge in [0, 0.05) is 41.5 Å². The van der Waals surface area contributed by atoms with Gasteiger partial charge >= 0.3 is 11.8 Å². The number of nitrogens with two attached hydrogens (primary N) is 4. The summed E-state index contributed by atoms with van der Waals surface area (Å²) < 4.78 is 7.55. The summed E-state index contributed by atoms with van der Waals surface area (Å²) in [5, 5.41) is 0.0910. The Morgan fingerprint density at radius 1 is 0.971 bits per heavy atom. The van der Waals surface area contributed by atoms with Crippen LogP contribution in [0.5, 0.6) is 0 Å². The molecule has 3 aromatic rings. The lowest BCUT2D eigenvalue weighted by Crippen LogP contribution is -2.60. The number of carbonyl (C=O) groups is 2. The minimum atomic E-state index is -1.04. The molecule has 8 nitrogen and oxygen atoms in total. The molecular weight excluding hydrogens is 452 g/mol. The smallest absolute Gasteiger partial charge is 0.363 e. The van der Waals surface area contributed by atoms with Gasteiger partial charge in [-0.25, -0.2) is 9.59 Å². The average molecular weight is 481 g/mol. The van der Waals surface area contributed by atoms with E-state index in [-0.39, 0.29) is 35.6 Å². The third-order valence-electron chi connectivity index (χ3n) is 5.33. The van der Waals surface area contributed by atoms with Crippen LogP contribution in [-0.2, 0) is 4.79 Å². The van der Waals surface area contributed by atoms with E-state index in [9.17, 15) is 9.59 Å². The Labute approximate surface area is 204 Å². The Bertz CT molecular complexity index is 1230. The molecule has 8 N–H and O–H groups in total. The van der Waals surface area contributed by atoms with Gasteiger partial charge in [-0.05, 0) is 43.1 Å². The van der Waals surface area contributed by atoms with Crippen molar-refractivity contribution < 1.29 is 11.0 Å². The van der Waals surface area contributed by atoms with Gasteiger partial charge in [-0.15, -0.1) is 4.48 Å². The fraction of sp³-hybridized carbons (Fsp3) is 0.160. The van der Waals surface area contributed by atoms with E-state index in [1.165, 1.54) is 12.1 Å². The molecule has 0 aliphatic heterocycles. The number of hydrogen-bond acceptors (Lipinski definition) is 5. The van der Waals surface area contributed by atoms with Gasteiger partial charge in [0.1, 0.15) is 6.04 Å². The number of anilines is 1. The monoisotopic (exact) mass is 480 g/mol. The van der Waals surface area contributed by atoms with Crippen LogP contribution in [0.2, 0.25) is 5.02 Å². The lowest BCUT2D eigenvalue weighted by molar-refractivity contribution is -0.127. The highest BCUT2D eigenvalue weighted by Gasteiger charge is 2.51. The van der Waals surface area contributed by atoms with E-state index in [0.717, 1.165) is 0 Å². The van der Waals surface area contributed by atoms with Gasteiger partial charge in [0.2, 0.25) is 0 Å². The number of benzene rings is 3. The van der Waals surface area contributed by atoms with Crippen molar-refractivity contribution in [2.75, 3.05) is 12.3 Å². The second kappa shape index (κ2) is 10.9. The maximum Gasteiger partial charge on any atom is 0.363 e. The Kier molecular flexibility index (Phi) is 7.54. The molecule has 0 heterocycles. The first-order chi connectivity index (χ1) is 16.7. The molecule has 0 fully saturated rings. The number of nitrogens with zero attached hydrogens (tertiary/aromatic N) is 2. The number of aliphatic imine (C=N–C) groups is 1. The summed E-state index contributed by atoms with van der Waals surface area (Å²) >= 11 is 6.17. The van der Waals surface area contributed by atoms with Gasteiger partial charge in [-0.2, -0.15) is 0 Å². The van der Waals surface area contributed by atoms with E-state index in [1.54, 1.807) is 60.7 Å². The molecule has 34 heavy (non-hydrogen) atoms. The van der Waals surface area contributed by atoms with Crippen molar-refractivity contribution in [1.29, 1.82) is 0 Å². The molecule has 3 rings (SSSR count). The average Bonchev–Trinajstić information content (AvgIpc) is 2.85. The number of quaternary nitrogens is 1. The maximum absolute atomic E-state index is 14.3. The zero-order valence-electron chi connectivity index (χ0n) is 19.5. The van der Waals surface area contributed by atoms with Crippen LogP contribution in [0.3, 0.4) is 0 Å². The molecule has 0 bridgehead atoms. The van der Waals surface area contributed by atoms with E-state index in [4.69, 9.17) is 35.9 Å². The number of nitrogen functional groups attached to an aromatic ring is 1. The molecule has 176 valence electrons. The molecule has 2 amide bonds. The van der Waals surface area contributed by atoms with Crippen LogP contribution in [-0.4, -0.2) is 30.4 Å². The van der Waals surface area contributed by atoms with Gasteiger partial charge in [0.15, 0.2) is 17.3 Å². The van der Waals surface area contributed by atoms with Crippen molar-refractivity contribution in [3.8, 4) is 0 Å². The van der Waals surface area contributed by atoms with E-state index < -0.39 is 22.3 Å². The second-order valence-electron chi connectivity index (χ2n) is 7.71. The molecule has 3 aromatic carbocycles. The quantitative estimate of drug-likeness (QED) is 0.128. The fourth-order valence-corrected chi connectivity index (χ4v) is 3.90. The summed E-state index contributed by atoms with van der Waals surface area (Å²) in [6.07, 6.45) is 0.657. The van der Waals surface area contributed by atoms with Gasteiger partial charge in [0.25, 0.3) is 0 Å². The largest absolute Gasteiger partial charge is 0.399 e. The molecule has 0 aromatic heterocycles. The molecule has 0 radical (unpaired) electrons. The van der Waals surface area contributed by atoms with Crippen LogP contribution in [0.15, 0.2) is 83.8 Å². The standard InChI is InChI=1S/C25H28ClN6O2/c26-18-7-4-6-17(16-18)23(33)32(20-8-2-1-3-9-20,21-13-11-19(27)12-14-21)24(34)22(28)10-5-15-31-25(29)30/h1-4,6-9,11-14,16,22H,5,10,15,27-28H2,(H4,29,30,31)/q+1/t22-,32?/m0/s1/i16D. The second-order valence-corrected chi connectivity index (χ2v) is 8.12. The molecule has 9 heteroatoms. The fourth-order valence-electron chi connectivity index (χ4n) is 3.73.